The standard InChI is InChI=1S/C31H34Si2/c1-4-31(33(29-21-13-7-14-22-29)30-23-15-8-16-24-30)25(2)26(3)32(27-17-9-5-10-18-27)28-19-11-6-12-20-28/h4-26,31-33H,1H2,2-3H3/t25-,26-,31?/m0/s1. The summed E-state index contributed by atoms with van der Waals surface area (Å²) in [5.74, 6) is 0.539. The van der Waals surface area contributed by atoms with E-state index < -0.39 is 17.6 Å². The maximum atomic E-state index is 4.39. The third-order valence-corrected chi connectivity index (χ3v) is 15.0. The summed E-state index contributed by atoms with van der Waals surface area (Å²) < 4.78 is 0. The van der Waals surface area contributed by atoms with Gasteiger partial charge in [-0.15, -0.1) is 6.58 Å². The van der Waals surface area contributed by atoms with Crippen LogP contribution in [-0.4, -0.2) is 17.6 Å². The average Bonchev–Trinajstić information content (AvgIpc) is 2.89. The molecule has 2 heteroatoms. The van der Waals surface area contributed by atoms with E-state index in [1.165, 1.54) is 20.7 Å². The van der Waals surface area contributed by atoms with Crippen molar-refractivity contribution >= 4 is 38.3 Å². The van der Waals surface area contributed by atoms with Crippen LogP contribution in [0.2, 0.25) is 11.1 Å². The van der Waals surface area contributed by atoms with Crippen LogP contribution >= 0.6 is 0 Å². The molecule has 4 rings (SSSR count). The average molecular weight is 463 g/mol. The Hall–Kier alpha value is -2.95. The molecule has 0 nitrogen and oxygen atoms in total. The second-order valence-electron chi connectivity index (χ2n) is 9.13. The quantitative estimate of drug-likeness (QED) is 0.251. The van der Waals surface area contributed by atoms with Crippen molar-refractivity contribution in [3.63, 3.8) is 0 Å². The molecule has 0 aliphatic carbocycles. The van der Waals surface area contributed by atoms with E-state index in [0.29, 0.717) is 17.0 Å². The Morgan fingerprint density at radius 2 is 0.818 bits per heavy atom. The van der Waals surface area contributed by atoms with Crippen LogP contribution in [0.15, 0.2) is 134 Å². The Morgan fingerprint density at radius 3 is 1.12 bits per heavy atom. The molecular weight excluding hydrogens is 429 g/mol. The molecule has 0 fully saturated rings. The first-order valence-corrected chi connectivity index (χ1v) is 15.7. The van der Waals surface area contributed by atoms with Crippen molar-refractivity contribution in [1.29, 1.82) is 0 Å². The van der Waals surface area contributed by atoms with E-state index >= 15 is 0 Å². The van der Waals surface area contributed by atoms with Crippen LogP contribution in [0.4, 0.5) is 0 Å². The highest BCUT2D eigenvalue weighted by Crippen LogP contribution is 2.34. The van der Waals surface area contributed by atoms with Gasteiger partial charge in [-0.25, -0.2) is 0 Å². The van der Waals surface area contributed by atoms with Crippen molar-refractivity contribution in [3.8, 4) is 0 Å². The topological polar surface area (TPSA) is 0 Å². The fourth-order valence-electron chi connectivity index (χ4n) is 5.39. The van der Waals surface area contributed by atoms with Gasteiger partial charge in [0, 0.05) is 0 Å². The van der Waals surface area contributed by atoms with Gasteiger partial charge in [0.15, 0.2) is 0 Å². The van der Waals surface area contributed by atoms with Crippen LogP contribution < -0.4 is 20.7 Å². The fourth-order valence-corrected chi connectivity index (χ4v) is 13.2. The number of rotatable bonds is 9. The minimum absolute atomic E-state index is 0.479. The lowest BCUT2D eigenvalue weighted by Gasteiger charge is -2.36. The van der Waals surface area contributed by atoms with Crippen molar-refractivity contribution in [3.05, 3.63) is 134 Å². The van der Waals surface area contributed by atoms with Crippen molar-refractivity contribution in [2.75, 3.05) is 0 Å². The molecule has 0 saturated carbocycles. The molecule has 3 atom stereocenters. The Bertz CT molecular complexity index is 1030. The van der Waals surface area contributed by atoms with Crippen LogP contribution in [0.1, 0.15) is 13.8 Å². The van der Waals surface area contributed by atoms with Gasteiger partial charge in [0.05, 0.1) is 0 Å². The van der Waals surface area contributed by atoms with Gasteiger partial charge in [-0.3, -0.25) is 0 Å². The summed E-state index contributed by atoms with van der Waals surface area (Å²) in [6.45, 7) is 9.37. The third-order valence-electron chi connectivity index (χ3n) is 7.25. The van der Waals surface area contributed by atoms with Crippen LogP contribution in [-0.2, 0) is 0 Å². The smallest absolute Gasteiger partial charge is 0.103 e. The highest BCUT2D eigenvalue weighted by atomic mass is 28.3. The summed E-state index contributed by atoms with van der Waals surface area (Å²) in [6.07, 6.45) is 2.28. The molecule has 0 amide bonds. The first kappa shape index (κ1) is 23.2. The zero-order chi connectivity index (χ0) is 23.0. The minimum atomic E-state index is -1.50. The summed E-state index contributed by atoms with van der Waals surface area (Å²) in [6, 6.07) is 44.8. The highest BCUT2D eigenvalue weighted by molar-refractivity contribution is 6.88. The lowest BCUT2D eigenvalue weighted by atomic mass is 10.0. The van der Waals surface area contributed by atoms with E-state index in [-0.39, 0.29) is 0 Å². The largest absolute Gasteiger partial charge is 0.110 e. The van der Waals surface area contributed by atoms with Gasteiger partial charge in [-0.1, -0.05) is 162 Å². The van der Waals surface area contributed by atoms with Gasteiger partial charge in [0.2, 0.25) is 0 Å². The lowest BCUT2D eigenvalue weighted by molar-refractivity contribution is 0.560. The monoisotopic (exact) mass is 462 g/mol. The third kappa shape index (κ3) is 5.35. The second-order valence-corrected chi connectivity index (χ2v) is 15.5. The SMILES string of the molecule is C=CC([C@@H](C)[C@H](C)[SiH](c1ccccc1)c1ccccc1)[SiH](c1ccccc1)c1ccccc1. The molecule has 4 aromatic rings. The fraction of sp³-hybridized carbons (Fsp3) is 0.161. The molecular formula is C31H34Si2. The van der Waals surface area contributed by atoms with Crippen LogP contribution in [0.25, 0.3) is 0 Å². The number of hydrogen-bond donors (Lipinski definition) is 0. The molecule has 0 aliphatic rings. The first-order chi connectivity index (χ1) is 16.2. The Balaban J connectivity index is 1.75. The zero-order valence-corrected chi connectivity index (χ0v) is 22.0. The number of benzene rings is 4. The molecule has 0 N–H and O–H groups in total. The summed E-state index contributed by atoms with van der Waals surface area (Å²) in [7, 11) is -2.93. The summed E-state index contributed by atoms with van der Waals surface area (Å²) >= 11 is 0. The summed E-state index contributed by atoms with van der Waals surface area (Å²) in [4.78, 5) is 0. The maximum Gasteiger partial charge on any atom is 0.110 e. The van der Waals surface area contributed by atoms with E-state index in [4.69, 9.17) is 0 Å². The van der Waals surface area contributed by atoms with E-state index in [2.05, 4.69) is 148 Å². The molecule has 1 unspecified atom stereocenters. The van der Waals surface area contributed by atoms with Gasteiger partial charge in [-0.05, 0) is 17.0 Å². The normalized spacial score (nSPS) is 14.1. The molecule has 0 radical (unpaired) electrons. The van der Waals surface area contributed by atoms with Crippen molar-refractivity contribution < 1.29 is 0 Å². The molecule has 0 heterocycles. The Kier molecular flexibility index (Phi) is 7.93. The summed E-state index contributed by atoms with van der Waals surface area (Å²) in [5, 5.41) is 6.07. The Morgan fingerprint density at radius 1 is 0.515 bits per heavy atom. The molecule has 33 heavy (non-hydrogen) atoms. The molecule has 0 bridgehead atoms. The van der Waals surface area contributed by atoms with Gasteiger partial charge in [0.1, 0.15) is 17.6 Å². The van der Waals surface area contributed by atoms with Gasteiger partial charge < -0.3 is 0 Å². The molecule has 4 aromatic carbocycles. The molecule has 166 valence electrons. The molecule has 0 spiro atoms. The minimum Gasteiger partial charge on any atom is -0.103 e. The Labute approximate surface area is 202 Å². The van der Waals surface area contributed by atoms with E-state index in [0.717, 1.165) is 0 Å². The molecule has 0 aromatic heterocycles. The van der Waals surface area contributed by atoms with Crippen molar-refractivity contribution in [2.45, 2.75) is 24.9 Å². The van der Waals surface area contributed by atoms with E-state index in [1.54, 1.807) is 0 Å². The predicted octanol–water partition coefficient (Wildman–Crippen LogP) is 4.65. The van der Waals surface area contributed by atoms with Crippen molar-refractivity contribution in [1.82, 2.24) is 0 Å². The highest BCUT2D eigenvalue weighted by Gasteiger charge is 2.36. The van der Waals surface area contributed by atoms with Crippen LogP contribution in [0.3, 0.4) is 0 Å². The number of hydrogen-bond acceptors (Lipinski definition) is 0. The second kappa shape index (κ2) is 11.3. The number of allylic oxidation sites excluding steroid dienone is 1. The molecule has 0 saturated heterocycles. The lowest BCUT2D eigenvalue weighted by Crippen LogP contribution is -2.51. The van der Waals surface area contributed by atoms with E-state index in [1.807, 2.05) is 0 Å². The molecule has 0 aliphatic heterocycles. The van der Waals surface area contributed by atoms with Crippen molar-refractivity contribution in [2.24, 2.45) is 5.92 Å². The van der Waals surface area contributed by atoms with Crippen LogP contribution in [0, 0.1) is 5.92 Å². The van der Waals surface area contributed by atoms with Gasteiger partial charge in [0.25, 0.3) is 0 Å². The van der Waals surface area contributed by atoms with E-state index in [9.17, 15) is 0 Å². The van der Waals surface area contributed by atoms with Gasteiger partial charge >= 0.3 is 0 Å². The maximum absolute atomic E-state index is 4.39. The zero-order valence-electron chi connectivity index (χ0n) is 19.7. The first-order valence-electron chi connectivity index (χ1n) is 12.0. The summed E-state index contributed by atoms with van der Waals surface area (Å²) in [5.41, 5.74) is 1.08. The van der Waals surface area contributed by atoms with Gasteiger partial charge in [-0.2, -0.15) is 0 Å². The predicted molar refractivity (Wildman–Crippen MR) is 151 cm³/mol. The van der Waals surface area contributed by atoms with Crippen LogP contribution in [0.5, 0.6) is 0 Å².